The van der Waals surface area contributed by atoms with Crippen LogP contribution >= 0.6 is 0 Å². The van der Waals surface area contributed by atoms with Crippen LogP contribution < -0.4 is 4.57 Å². The molecule has 3 aromatic carbocycles. The first-order valence-corrected chi connectivity index (χ1v) is 14.4. The number of fused-ring (bicyclic) bond motifs is 4. The van der Waals surface area contributed by atoms with Crippen LogP contribution in [0.2, 0.25) is 0 Å². The van der Waals surface area contributed by atoms with E-state index in [2.05, 4.69) is 134 Å². The molecule has 0 amide bonds. The quantitative estimate of drug-likeness (QED) is 0.213. The van der Waals surface area contributed by atoms with Gasteiger partial charge in [-0.05, 0) is 69.9 Å². The summed E-state index contributed by atoms with van der Waals surface area (Å²) in [5.74, 6) is 0. The lowest BCUT2D eigenvalue weighted by Crippen LogP contribution is -2.37. The second kappa shape index (κ2) is 8.55. The van der Waals surface area contributed by atoms with Gasteiger partial charge in [0.1, 0.15) is 18.2 Å². The van der Waals surface area contributed by atoms with Gasteiger partial charge in [0.25, 0.3) is 0 Å². The molecule has 0 saturated heterocycles. The van der Waals surface area contributed by atoms with Crippen molar-refractivity contribution in [2.75, 3.05) is 0 Å². The van der Waals surface area contributed by atoms with Gasteiger partial charge in [0, 0.05) is 28.5 Å². The van der Waals surface area contributed by atoms with E-state index in [1.54, 1.807) is 5.56 Å². The summed E-state index contributed by atoms with van der Waals surface area (Å²) in [6, 6.07) is 22.3. The summed E-state index contributed by atoms with van der Waals surface area (Å²) >= 11 is 0. The Morgan fingerprint density at radius 1 is 0.718 bits per heavy atom. The van der Waals surface area contributed by atoms with Gasteiger partial charge in [0.2, 0.25) is 5.69 Å². The summed E-state index contributed by atoms with van der Waals surface area (Å²) in [4.78, 5) is 0. The third-order valence-electron chi connectivity index (χ3n) is 9.22. The van der Waals surface area contributed by atoms with Gasteiger partial charge in [0.05, 0.1) is 5.56 Å². The molecule has 0 unspecified atom stereocenters. The van der Waals surface area contributed by atoms with Gasteiger partial charge in [-0.15, -0.1) is 0 Å². The molecule has 0 N–H and O–H groups in total. The van der Waals surface area contributed by atoms with Crippen molar-refractivity contribution in [2.24, 2.45) is 7.05 Å². The summed E-state index contributed by atoms with van der Waals surface area (Å²) in [5, 5.41) is 2.36. The number of pyridine rings is 1. The van der Waals surface area contributed by atoms with Crippen LogP contribution in [-0.4, -0.2) is 0 Å². The largest absolute Gasteiger partial charge is 0.454 e. The number of nitrogens with zero attached hydrogens (tertiary/aromatic N) is 1. The number of furan rings is 1. The molecular weight excluding hydrogens is 474 g/mol. The van der Waals surface area contributed by atoms with Crippen LogP contribution in [-0.2, 0) is 23.3 Å². The average molecular weight is 517 g/mol. The molecule has 2 nitrogen and oxygen atoms in total. The summed E-state index contributed by atoms with van der Waals surface area (Å²) in [5.41, 5.74) is 12.8. The molecule has 0 atom stereocenters. The lowest BCUT2D eigenvalue weighted by atomic mass is 9.58. The van der Waals surface area contributed by atoms with Crippen LogP contribution in [0, 0.1) is 6.92 Å². The van der Waals surface area contributed by atoms with Crippen molar-refractivity contribution in [3.63, 3.8) is 0 Å². The van der Waals surface area contributed by atoms with Crippen LogP contribution in [0.1, 0.15) is 83.6 Å². The van der Waals surface area contributed by atoms with Crippen LogP contribution in [0.15, 0.2) is 71.3 Å². The fourth-order valence-electron chi connectivity index (χ4n) is 7.01. The standard InChI is InChI=1S/C37H42NO/c1-23-16-17-27-26-14-12-13-25(33(26)39-34(27)30(23)29-15-10-11-22-38(29)9)24-18-19-28(35(2,3)4)32-31(24)36(5,6)20-21-37(32,7)8/h10-19,22H,20-21H2,1-9H3/q+1. The van der Waals surface area contributed by atoms with Gasteiger partial charge >= 0.3 is 0 Å². The van der Waals surface area contributed by atoms with Gasteiger partial charge in [0.15, 0.2) is 6.20 Å². The van der Waals surface area contributed by atoms with E-state index in [-0.39, 0.29) is 16.2 Å². The minimum Gasteiger partial charge on any atom is -0.454 e. The van der Waals surface area contributed by atoms with E-state index < -0.39 is 0 Å². The average Bonchev–Trinajstić information content (AvgIpc) is 3.25. The maximum Gasteiger partial charge on any atom is 0.216 e. The molecule has 0 bridgehead atoms. The predicted molar refractivity (Wildman–Crippen MR) is 164 cm³/mol. The number of aryl methyl sites for hydroxylation is 2. The van der Waals surface area contributed by atoms with E-state index in [4.69, 9.17) is 4.42 Å². The van der Waals surface area contributed by atoms with E-state index in [0.717, 1.165) is 16.9 Å². The SMILES string of the molecule is Cc1ccc2c(oc3c(-c4ccc(C(C)(C)C)c5c4C(C)(C)CCC5(C)C)cccc32)c1-c1cccc[n+]1C. The third-order valence-corrected chi connectivity index (χ3v) is 9.22. The van der Waals surface area contributed by atoms with E-state index in [0.29, 0.717) is 0 Å². The Hall–Kier alpha value is -3.39. The highest BCUT2D eigenvalue weighted by atomic mass is 16.3. The van der Waals surface area contributed by atoms with Crippen molar-refractivity contribution in [1.82, 2.24) is 0 Å². The van der Waals surface area contributed by atoms with Gasteiger partial charge in [-0.3, -0.25) is 0 Å². The van der Waals surface area contributed by atoms with Crippen LogP contribution in [0.3, 0.4) is 0 Å². The van der Waals surface area contributed by atoms with Crippen molar-refractivity contribution in [3.8, 4) is 22.4 Å². The molecule has 0 spiro atoms. The van der Waals surface area contributed by atoms with Gasteiger partial charge in [-0.25, -0.2) is 4.57 Å². The highest BCUT2D eigenvalue weighted by molar-refractivity contribution is 6.13. The molecule has 39 heavy (non-hydrogen) atoms. The fourth-order valence-corrected chi connectivity index (χ4v) is 7.01. The zero-order valence-corrected chi connectivity index (χ0v) is 25.1. The summed E-state index contributed by atoms with van der Waals surface area (Å²) in [6.07, 6.45) is 4.48. The van der Waals surface area contributed by atoms with Crippen molar-refractivity contribution in [3.05, 3.63) is 89.1 Å². The predicted octanol–water partition coefficient (Wildman–Crippen LogP) is 9.70. The first-order chi connectivity index (χ1) is 18.3. The lowest BCUT2D eigenvalue weighted by molar-refractivity contribution is -0.660. The van der Waals surface area contributed by atoms with Crippen molar-refractivity contribution >= 4 is 21.9 Å². The van der Waals surface area contributed by atoms with Gasteiger partial charge < -0.3 is 4.42 Å². The van der Waals surface area contributed by atoms with E-state index in [1.807, 2.05) is 0 Å². The number of benzene rings is 3. The summed E-state index contributed by atoms with van der Waals surface area (Å²) in [6.45, 7) is 19.0. The molecule has 1 aliphatic carbocycles. The van der Waals surface area contributed by atoms with Crippen LogP contribution in [0.4, 0.5) is 0 Å². The second-order valence-electron chi connectivity index (χ2n) is 14.0. The molecule has 0 fully saturated rings. The number of aromatic nitrogens is 1. The molecular formula is C37H42NO+. The van der Waals surface area contributed by atoms with Gasteiger partial charge in [-0.1, -0.05) is 90.9 Å². The van der Waals surface area contributed by atoms with E-state index >= 15 is 0 Å². The summed E-state index contributed by atoms with van der Waals surface area (Å²) < 4.78 is 9.14. The minimum atomic E-state index is 0.0785. The molecule has 5 aromatic rings. The fraction of sp³-hybridized carbons (Fsp3) is 0.378. The van der Waals surface area contributed by atoms with Crippen molar-refractivity contribution in [1.29, 1.82) is 0 Å². The van der Waals surface area contributed by atoms with Crippen LogP contribution in [0.25, 0.3) is 44.3 Å². The molecule has 0 saturated carbocycles. The topological polar surface area (TPSA) is 17.0 Å². The molecule has 6 rings (SSSR count). The van der Waals surface area contributed by atoms with Crippen molar-refractivity contribution < 1.29 is 8.98 Å². The normalized spacial score (nSPS) is 16.5. The highest BCUT2D eigenvalue weighted by Gasteiger charge is 2.42. The first-order valence-electron chi connectivity index (χ1n) is 14.4. The third kappa shape index (κ3) is 3.94. The Morgan fingerprint density at radius 2 is 1.41 bits per heavy atom. The van der Waals surface area contributed by atoms with E-state index in [1.165, 1.54) is 57.0 Å². The molecule has 2 aromatic heterocycles. The molecule has 1 aliphatic rings. The van der Waals surface area contributed by atoms with E-state index in [9.17, 15) is 0 Å². The molecule has 2 heterocycles. The Bertz CT molecular complexity index is 1760. The monoisotopic (exact) mass is 516 g/mol. The highest BCUT2D eigenvalue weighted by Crippen LogP contribution is 2.53. The zero-order chi connectivity index (χ0) is 27.9. The van der Waals surface area contributed by atoms with Gasteiger partial charge in [-0.2, -0.15) is 0 Å². The van der Waals surface area contributed by atoms with Crippen molar-refractivity contribution in [2.45, 2.75) is 84.5 Å². The minimum absolute atomic E-state index is 0.0785. The Balaban J connectivity index is 1.71. The molecule has 0 aliphatic heterocycles. The maximum absolute atomic E-state index is 6.95. The molecule has 2 heteroatoms. The Labute approximate surface area is 233 Å². The number of para-hydroxylation sites is 1. The lowest BCUT2D eigenvalue weighted by Gasteiger charge is -2.46. The Kier molecular flexibility index (Phi) is 5.67. The smallest absolute Gasteiger partial charge is 0.216 e. The number of rotatable bonds is 2. The first kappa shape index (κ1) is 25.9. The van der Waals surface area contributed by atoms with Crippen LogP contribution in [0.5, 0.6) is 0 Å². The maximum atomic E-state index is 6.95. The summed E-state index contributed by atoms with van der Waals surface area (Å²) in [7, 11) is 2.11. The number of hydrogen-bond acceptors (Lipinski definition) is 1. The second-order valence-corrected chi connectivity index (χ2v) is 14.0. The zero-order valence-electron chi connectivity index (χ0n) is 25.1. The molecule has 200 valence electrons. The number of hydrogen-bond donors (Lipinski definition) is 0. The molecule has 0 radical (unpaired) electrons. The Morgan fingerprint density at radius 3 is 2.10 bits per heavy atom.